The van der Waals surface area contributed by atoms with Crippen molar-refractivity contribution in [3.8, 4) is 5.75 Å². The minimum Gasteiger partial charge on any atom is -0.497 e. The van der Waals surface area contributed by atoms with Crippen LogP contribution < -0.4 is 26.4 Å². The molecule has 3 amide bonds. The van der Waals surface area contributed by atoms with E-state index in [2.05, 4.69) is 16.0 Å². The molecule has 3 rings (SSSR count). The number of methoxy groups -OCH3 is 1. The first-order chi connectivity index (χ1) is 13.8. The fraction of sp³-hybridized carbons (Fsp3) is 0.333. The molecule has 8 heteroatoms. The van der Waals surface area contributed by atoms with Gasteiger partial charge in [0.2, 0.25) is 5.91 Å². The quantitative estimate of drug-likeness (QED) is 0.596. The normalized spacial score (nSPS) is 17.9. The Balaban J connectivity index is 1.50. The zero-order valence-electron chi connectivity index (χ0n) is 16.9. The first-order valence-corrected chi connectivity index (χ1v) is 9.39. The molecule has 1 atom stereocenters. The van der Waals surface area contributed by atoms with Crippen LogP contribution in [0, 0.1) is 0 Å². The van der Waals surface area contributed by atoms with Crippen molar-refractivity contribution in [3.63, 3.8) is 0 Å². The third kappa shape index (κ3) is 5.04. The smallest absolute Gasteiger partial charge is 0.319 e. The number of hydrogen-bond donors (Lipinski definition) is 4. The number of carbonyl (C=O) groups is 2. The largest absolute Gasteiger partial charge is 0.497 e. The summed E-state index contributed by atoms with van der Waals surface area (Å²) in [4.78, 5) is 26.1. The number of benzene rings is 2. The second-order valence-corrected chi connectivity index (χ2v) is 7.50. The van der Waals surface area contributed by atoms with Crippen LogP contribution in [0.2, 0.25) is 0 Å². The van der Waals surface area contributed by atoms with Crippen molar-refractivity contribution in [2.24, 2.45) is 5.73 Å². The van der Waals surface area contributed by atoms with Crippen molar-refractivity contribution in [2.45, 2.75) is 38.8 Å². The lowest BCUT2D eigenvalue weighted by Gasteiger charge is -2.21. The molecule has 2 aromatic carbocycles. The number of nitrogens with one attached hydrogen (secondary N) is 3. The fourth-order valence-corrected chi connectivity index (χ4v) is 3.16. The van der Waals surface area contributed by atoms with Crippen LogP contribution in [-0.4, -0.2) is 35.8 Å². The summed E-state index contributed by atoms with van der Waals surface area (Å²) in [6, 6.07) is 14.5. The molecule has 1 heterocycles. The summed E-state index contributed by atoms with van der Waals surface area (Å²) in [6.07, 6.45) is -0.500. The number of nitrogens with zero attached hydrogens (tertiary/aromatic N) is 1. The van der Waals surface area contributed by atoms with Gasteiger partial charge in [-0.15, -0.1) is 0 Å². The topological polar surface area (TPSA) is 109 Å². The standard InChI is InChI=1S/C21H27N5O3/c1-21(2)18(27)26(19(22)25-21)13-15-6-4-14(5-7-15)12-23-20(28)24-16-8-10-17(29-3)11-9-16/h4-11,19,25H,12-13,22H2,1-3H3,(H2,23,24,28). The van der Waals surface area contributed by atoms with Gasteiger partial charge in [0, 0.05) is 18.8 Å². The number of rotatable bonds is 6. The van der Waals surface area contributed by atoms with Crippen LogP contribution in [0.3, 0.4) is 0 Å². The molecule has 29 heavy (non-hydrogen) atoms. The van der Waals surface area contributed by atoms with E-state index in [-0.39, 0.29) is 11.9 Å². The van der Waals surface area contributed by atoms with Crippen LogP contribution in [0.5, 0.6) is 5.75 Å². The minimum atomic E-state index is -0.652. The Hall–Kier alpha value is -3.10. The Morgan fingerprint density at radius 3 is 2.31 bits per heavy atom. The van der Waals surface area contributed by atoms with Gasteiger partial charge in [-0.05, 0) is 49.2 Å². The highest BCUT2D eigenvalue weighted by Gasteiger charge is 2.42. The Kier molecular flexibility index (Phi) is 6.05. The summed E-state index contributed by atoms with van der Waals surface area (Å²) in [5.41, 5.74) is 7.97. The van der Waals surface area contributed by atoms with Gasteiger partial charge >= 0.3 is 6.03 Å². The summed E-state index contributed by atoms with van der Waals surface area (Å²) >= 11 is 0. The zero-order chi connectivity index (χ0) is 21.0. The number of carbonyl (C=O) groups excluding carboxylic acids is 2. The Morgan fingerprint density at radius 1 is 1.14 bits per heavy atom. The number of anilines is 1. The van der Waals surface area contributed by atoms with Crippen molar-refractivity contribution in [3.05, 3.63) is 59.7 Å². The maximum absolute atomic E-state index is 12.4. The maximum Gasteiger partial charge on any atom is 0.319 e. The van der Waals surface area contributed by atoms with E-state index in [0.717, 1.165) is 16.9 Å². The molecule has 0 radical (unpaired) electrons. The molecule has 1 aliphatic rings. The van der Waals surface area contributed by atoms with E-state index < -0.39 is 11.8 Å². The van der Waals surface area contributed by atoms with Crippen LogP contribution in [0.4, 0.5) is 10.5 Å². The molecular formula is C21H27N5O3. The molecule has 5 N–H and O–H groups in total. The van der Waals surface area contributed by atoms with Gasteiger partial charge in [-0.3, -0.25) is 15.8 Å². The molecule has 0 saturated carbocycles. The van der Waals surface area contributed by atoms with Crippen LogP contribution in [-0.2, 0) is 17.9 Å². The van der Waals surface area contributed by atoms with E-state index in [1.54, 1.807) is 36.3 Å². The van der Waals surface area contributed by atoms with E-state index in [4.69, 9.17) is 10.5 Å². The van der Waals surface area contributed by atoms with Crippen LogP contribution in [0.15, 0.2) is 48.5 Å². The van der Waals surface area contributed by atoms with E-state index in [9.17, 15) is 9.59 Å². The number of amides is 3. The van der Waals surface area contributed by atoms with Crippen molar-refractivity contribution < 1.29 is 14.3 Å². The van der Waals surface area contributed by atoms with Gasteiger partial charge in [-0.25, -0.2) is 4.79 Å². The average molecular weight is 397 g/mol. The molecule has 1 saturated heterocycles. The van der Waals surface area contributed by atoms with Gasteiger partial charge < -0.3 is 20.3 Å². The predicted octanol–water partition coefficient (Wildman–Crippen LogP) is 1.97. The van der Waals surface area contributed by atoms with Gasteiger partial charge in [0.1, 0.15) is 12.0 Å². The van der Waals surface area contributed by atoms with Crippen molar-refractivity contribution in [1.29, 1.82) is 0 Å². The van der Waals surface area contributed by atoms with E-state index in [0.29, 0.717) is 18.8 Å². The van der Waals surface area contributed by atoms with Crippen molar-refractivity contribution in [1.82, 2.24) is 15.5 Å². The number of ether oxygens (including phenoxy) is 1. The maximum atomic E-state index is 12.4. The third-order valence-corrected chi connectivity index (χ3v) is 4.82. The third-order valence-electron chi connectivity index (χ3n) is 4.82. The minimum absolute atomic E-state index is 0.0223. The highest BCUT2D eigenvalue weighted by atomic mass is 16.5. The summed E-state index contributed by atoms with van der Waals surface area (Å²) in [6.45, 7) is 4.46. The predicted molar refractivity (Wildman–Crippen MR) is 111 cm³/mol. The SMILES string of the molecule is COc1ccc(NC(=O)NCc2ccc(CN3C(=O)C(C)(C)NC3N)cc2)cc1. The second-order valence-electron chi connectivity index (χ2n) is 7.50. The monoisotopic (exact) mass is 397 g/mol. The van der Waals surface area contributed by atoms with Crippen LogP contribution in [0.1, 0.15) is 25.0 Å². The zero-order valence-corrected chi connectivity index (χ0v) is 16.9. The highest BCUT2D eigenvalue weighted by Crippen LogP contribution is 2.20. The molecule has 8 nitrogen and oxygen atoms in total. The Labute approximate surface area is 170 Å². The summed E-state index contributed by atoms with van der Waals surface area (Å²) < 4.78 is 5.09. The Bertz CT molecular complexity index is 865. The lowest BCUT2D eigenvalue weighted by molar-refractivity contribution is -0.132. The second kappa shape index (κ2) is 8.50. The first-order valence-electron chi connectivity index (χ1n) is 9.39. The molecule has 2 aromatic rings. The fourth-order valence-electron chi connectivity index (χ4n) is 3.16. The number of urea groups is 1. The van der Waals surface area contributed by atoms with Gasteiger partial charge in [0.05, 0.1) is 12.6 Å². The first kappa shape index (κ1) is 20.6. The molecule has 1 fully saturated rings. The van der Waals surface area contributed by atoms with Crippen LogP contribution in [0.25, 0.3) is 0 Å². The summed E-state index contributed by atoms with van der Waals surface area (Å²) in [7, 11) is 1.59. The molecule has 0 spiro atoms. The van der Waals surface area contributed by atoms with Crippen LogP contribution >= 0.6 is 0 Å². The van der Waals surface area contributed by atoms with E-state index in [1.165, 1.54) is 0 Å². The highest BCUT2D eigenvalue weighted by molar-refractivity contribution is 5.89. The van der Waals surface area contributed by atoms with Gasteiger partial charge in [0.25, 0.3) is 0 Å². The molecule has 0 aromatic heterocycles. The molecule has 1 unspecified atom stereocenters. The lowest BCUT2D eigenvalue weighted by atomic mass is 10.1. The molecule has 0 aliphatic carbocycles. The van der Waals surface area contributed by atoms with Crippen molar-refractivity contribution >= 4 is 17.6 Å². The lowest BCUT2D eigenvalue weighted by Crippen LogP contribution is -2.45. The number of hydrogen-bond acceptors (Lipinski definition) is 5. The van der Waals surface area contributed by atoms with E-state index in [1.807, 2.05) is 38.1 Å². The Morgan fingerprint density at radius 2 is 1.76 bits per heavy atom. The summed E-state index contributed by atoms with van der Waals surface area (Å²) in [5.74, 6) is 0.706. The molecule has 1 aliphatic heterocycles. The van der Waals surface area contributed by atoms with Gasteiger partial charge in [-0.2, -0.15) is 0 Å². The average Bonchev–Trinajstić information content (AvgIpc) is 2.89. The molecule has 0 bridgehead atoms. The van der Waals surface area contributed by atoms with Crippen molar-refractivity contribution in [2.75, 3.05) is 12.4 Å². The molecule has 154 valence electrons. The molecular weight excluding hydrogens is 370 g/mol. The van der Waals surface area contributed by atoms with Gasteiger partial charge in [0.15, 0.2) is 0 Å². The summed E-state index contributed by atoms with van der Waals surface area (Å²) in [5, 5.41) is 8.66. The van der Waals surface area contributed by atoms with Gasteiger partial charge in [-0.1, -0.05) is 24.3 Å². The van der Waals surface area contributed by atoms with E-state index >= 15 is 0 Å². The number of nitrogens with two attached hydrogens (primary N) is 1.